The van der Waals surface area contributed by atoms with Gasteiger partial charge >= 0.3 is 0 Å². The van der Waals surface area contributed by atoms with Gasteiger partial charge < -0.3 is 4.57 Å². The molecule has 2 aromatic heterocycles. The zero-order chi connectivity index (χ0) is 54.3. The first kappa shape index (κ1) is 47.7. The van der Waals surface area contributed by atoms with Crippen LogP contribution < -0.4 is 15.9 Å². The minimum Gasteiger partial charge on any atom is -0.309 e. The summed E-state index contributed by atoms with van der Waals surface area (Å²) < 4.78 is 17.8. The van der Waals surface area contributed by atoms with Crippen LogP contribution in [0.4, 0.5) is 0 Å². The maximum absolute atomic E-state index is 17.8. The second-order valence-corrected chi connectivity index (χ2v) is 24.1. The molecule has 1 atom stereocenters. The minimum absolute atomic E-state index is 0.748. The van der Waals surface area contributed by atoms with Crippen molar-refractivity contribution in [2.45, 2.75) is 0 Å². The standard InChI is InChI=1S/C78H49N2OP/c81-82(59-31-8-3-9-32-59,60-33-19-30-58(49-60)72-68-44-40-52-22-12-16-36-64(52)77(68)80-78-65-37-17-13-23-53(65)41-45-69(72)78)70-47-46-61(73(54-24-4-1-5-25-54)74(70)55-26-6-2-7-27-55)56-28-18-29-57(48-56)71-66-42-38-50-20-10-14-34-62(50)75(66)79-76-63-35-15-11-21-51(63)39-43-67(71)76/h1-49H. The fourth-order valence-electron chi connectivity index (χ4n) is 13.1. The van der Waals surface area contributed by atoms with Crippen molar-refractivity contribution in [2.75, 3.05) is 0 Å². The summed E-state index contributed by atoms with van der Waals surface area (Å²) in [5.74, 6) is 0. The molecule has 14 aromatic carbocycles. The molecule has 4 heteroatoms. The van der Waals surface area contributed by atoms with Gasteiger partial charge in [-0.05, 0) is 78.7 Å². The molecule has 0 aliphatic heterocycles. The monoisotopic (exact) mass is 1060 g/mol. The predicted octanol–water partition coefficient (Wildman–Crippen LogP) is 19.7. The van der Waals surface area contributed by atoms with E-state index in [1.54, 1.807) is 0 Å². The van der Waals surface area contributed by atoms with Crippen molar-refractivity contribution in [1.29, 1.82) is 0 Å². The Hall–Kier alpha value is -10.3. The van der Waals surface area contributed by atoms with Crippen LogP contribution in [0.1, 0.15) is 0 Å². The molecule has 0 radical (unpaired) electrons. The summed E-state index contributed by atoms with van der Waals surface area (Å²) in [7, 11) is -3.76. The summed E-state index contributed by atoms with van der Waals surface area (Å²) >= 11 is 0. The van der Waals surface area contributed by atoms with E-state index >= 15 is 4.57 Å². The van der Waals surface area contributed by atoms with E-state index < -0.39 is 7.14 Å². The van der Waals surface area contributed by atoms with Gasteiger partial charge in [0.25, 0.3) is 0 Å². The van der Waals surface area contributed by atoms with E-state index in [1.807, 2.05) is 30.3 Å². The summed E-state index contributed by atoms with van der Waals surface area (Å²) in [6, 6.07) is 105. The van der Waals surface area contributed by atoms with Gasteiger partial charge in [0.05, 0.1) is 22.1 Å². The Balaban J connectivity index is 0.962. The Bertz CT molecular complexity index is 5120. The third kappa shape index (κ3) is 7.55. The third-order valence-electron chi connectivity index (χ3n) is 16.9. The highest BCUT2D eigenvalue weighted by atomic mass is 31.2. The maximum atomic E-state index is 17.8. The molecule has 3 nitrogen and oxygen atoms in total. The molecule has 2 heterocycles. The van der Waals surface area contributed by atoms with Crippen LogP contribution in [0.5, 0.6) is 0 Å². The lowest BCUT2D eigenvalue weighted by atomic mass is 9.86. The van der Waals surface area contributed by atoms with E-state index in [0.29, 0.717) is 0 Å². The topological polar surface area (TPSA) is 42.9 Å². The second-order valence-electron chi connectivity index (χ2n) is 21.4. The number of aromatic nitrogens is 2. The smallest absolute Gasteiger partial charge is 0.171 e. The van der Waals surface area contributed by atoms with E-state index in [4.69, 9.17) is 9.97 Å². The second kappa shape index (κ2) is 19.2. The number of nitrogens with zero attached hydrogens (tertiary/aromatic N) is 2. The Labute approximate surface area is 474 Å². The number of rotatable bonds is 8. The van der Waals surface area contributed by atoms with Gasteiger partial charge in [-0.25, -0.2) is 9.97 Å². The van der Waals surface area contributed by atoms with Gasteiger partial charge in [-0.3, -0.25) is 0 Å². The lowest BCUT2D eigenvalue weighted by Gasteiger charge is -2.27. The third-order valence-corrected chi connectivity index (χ3v) is 19.9. The van der Waals surface area contributed by atoms with E-state index in [2.05, 4.69) is 267 Å². The molecule has 1 unspecified atom stereocenters. The van der Waals surface area contributed by atoms with Crippen molar-refractivity contribution in [3.05, 3.63) is 297 Å². The lowest BCUT2D eigenvalue weighted by Crippen LogP contribution is -2.27. The van der Waals surface area contributed by atoms with Gasteiger partial charge in [-0.15, -0.1) is 0 Å². The Kier molecular flexibility index (Phi) is 11.2. The first-order valence-electron chi connectivity index (χ1n) is 28.0. The molecule has 0 spiro atoms. The molecule has 382 valence electrons. The van der Waals surface area contributed by atoms with Gasteiger partial charge in [0.1, 0.15) is 0 Å². The number of fused-ring (bicyclic) bond motifs is 12. The molecule has 0 saturated carbocycles. The van der Waals surface area contributed by atoms with Crippen molar-refractivity contribution in [3.63, 3.8) is 0 Å². The van der Waals surface area contributed by atoms with Crippen LogP contribution in [-0.2, 0) is 4.57 Å². The SMILES string of the molecule is O=P(c1ccccc1)(c1cccc(-c2c3ccc4ccccc4c3nc3c2ccc2ccccc23)c1)c1ccc(-c2cccc(-c3c4ccc5ccccc5c4nc4c3ccc3ccccc34)c2)c(-c2ccccc2)c1-c1ccccc1. The van der Waals surface area contributed by atoms with Gasteiger partial charge in [-0.1, -0.05) is 279 Å². The average Bonchev–Trinajstić information content (AvgIpc) is 3.74. The normalized spacial score (nSPS) is 12.5. The highest BCUT2D eigenvalue weighted by Gasteiger charge is 2.35. The van der Waals surface area contributed by atoms with Crippen LogP contribution in [0.25, 0.3) is 142 Å². The van der Waals surface area contributed by atoms with E-state index in [9.17, 15) is 0 Å². The quantitative estimate of drug-likeness (QED) is 0.0865. The largest absolute Gasteiger partial charge is 0.309 e. The maximum Gasteiger partial charge on any atom is 0.171 e. The van der Waals surface area contributed by atoms with Gasteiger partial charge in [0.15, 0.2) is 7.14 Å². The lowest BCUT2D eigenvalue weighted by molar-refractivity contribution is 0.592. The molecule has 0 fully saturated rings. The van der Waals surface area contributed by atoms with Crippen molar-refractivity contribution >= 4 is 110 Å². The van der Waals surface area contributed by atoms with Crippen molar-refractivity contribution < 1.29 is 4.57 Å². The zero-order valence-electron chi connectivity index (χ0n) is 44.5. The first-order valence-corrected chi connectivity index (χ1v) is 29.7. The molecule has 16 rings (SSSR count). The highest BCUT2D eigenvalue weighted by Crippen LogP contribution is 2.52. The Morgan fingerprint density at radius 1 is 0.232 bits per heavy atom. The van der Waals surface area contributed by atoms with Crippen LogP contribution in [0.15, 0.2) is 297 Å². The van der Waals surface area contributed by atoms with Crippen LogP contribution in [-0.4, -0.2) is 9.97 Å². The van der Waals surface area contributed by atoms with Gasteiger partial charge in [0, 0.05) is 75.7 Å². The molecule has 0 amide bonds. The van der Waals surface area contributed by atoms with Crippen molar-refractivity contribution in [1.82, 2.24) is 9.97 Å². The molecular weight excluding hydrogens is 1010 g/mol. The van der Waals surface area contributed by atoms with Crippen LogP contribution in [0, 0.1) is 0 Å². The molecule has 0 aliphatic rings. The minimum atomic E-state index is -3.76. The number of hydrogen-bond donors (Lipinski definition) is 0. The van der Waals surface area contributed by atoms with E-state index in [1.165, 1.54) is 0 Å². The Morgan fingerprint density at radius 2 is 0.585 bits per heavy atom. The van der Waals surface area contributed by atoms with Crippen molar-refractivity contribution in [3.8, 4) is 55.6 Å². The molecule has 16 aromatic rings. The molecule has 0 N–H and O–H groups in total. The first-order chi connectivity index (χ1) is 40.6. The number of benzene rings is 14. The number of pyridine rings is 2. The summed E-state index contributed by atoms with van der Waals surface area (Å²) in [6.07, 6.45) is 0. The zero-order valence-corrected chi connectivity index (χ0v) is 45.4. The predicted molar refractivity (Wildman–Crippen MR) is 349 cm³/mol. The molecule has 82 heavy (non-hydrogen) atoms. The van der Waals surface area contributed by atoms with E-state index in [-0.39, 0.29) is 0 Å². The fourth-order valence-corrected chi connectivity index (χ4v) is 16.0. The average molecular weight is 1060 g/mol. The molecule has 0 aliphatic carbocycles. The fraction of sp³-hybridized carbons (Fsp3) is 0. The Morgan fingerprint density at radius 3 is 1.05 bits per heavy atom. The van der Waals surface area contributed by atoms with Crippen LogP contribution >= 0.6 is 7.14 Å². The summed E-state index contributed by atoms with van der Waals surface area (Å²) in [6.45, 7) is 0. The highest BCUT2D eigenvalue weighted by molar-refractivity contribution is 7.85. The molecule has 0 bridgehead atoms. The summed E-state index contributed by atoms with van der Waals surface area (Å²) in [4.78, 5) is 11.0. The van der Waals surface area contributed by atoms with E-state index in [0.717, 1.165) is 158 Å². The summed E-state index contributed by atoms with van der Waals surface area (Å²) in [5.41, 5.74) is 14.2. The number of hydrogen-bond acceptors (Lipinski definition) is 3. The van der Waals surface area contributed by atoms with Crippen LogP contribution in [0.2, 0.25) is 0 Å². The molecular formula is C78H49N2OP. The molecule has 0 saturated heterocycles. The van der Waals surface area contributed by atoms with Crippen LogP contribution in [0.3, 0.4) is 0 Å². The van der Waals surface area contributed by atoms with Gasteiger partial charge in [-0.2, -0.15) is 0 Å². The van der Waals surface area contributed by atoms with Crippen molar-refractivity contribution in [2.24, 2.45) is 0 Å². The van der Waals surface area contributed by atoms with Gasteiger partial charge in [0.2, 0.25) is 0 Å². The summed E-state index contributed by atoms with van der Waals surface area (Å²) in [5, 5.41) is 15.6.